The summed E-state index contributed by atoms with van der Waals surface area (Å²) < 4.78 is 0. The molecule has 3 aliphatic rings. The van der Waals surface area contributed by atoms with Crippen molar-refractivity contribution in [2.45, 2.75) is 82.0 Å². The summed E-state index contributed by atoms with van der Waals surface area (Å²) in [5, 5.41) is 14.1. The second-order valence-electron chi connectivity index (χ2n) is 8.07. The highest BCUT2D eigenvalue weighted by atomic mass is 16.6. The van der Waals surface area contributed by atoms with Crippen LogP contribution in [0.15, 0.2) is 24.3 Å². The Morgan fingerprint density at radius 3 is 2.35 bits per heavy atom. The predicted octanol–water partition coefficient (Wildman–Crippen LogP) is 3.65. The van der Waals surface area contributed by atoms with Crippen LogP contribution in [0.3, 0.4) is 0 Å². The quantitative estimate of drug-likeness (QED) is 0.659. The Hall–Kier alpha value is -1.95. The summed E-state index contributed by atoms with van der Waals surface area (Å²) in [5.74, 6) is -0.189. The number of carbonyl (C=O) groups is 1. The van der Waals surface area contributed by atoms with E-state index in [0.29, 0.717) is 17.6 Å². The maximum atomic E-state index is 12.6. The monoisotopic (exact) mass is 357 g/mol. The Balaban J connectivity index is 1.42. The van der Waals surface area contributed by atoms with E-state index in [1.165, 1.54) is 57.1 Å². The number of nitrogens with one attached hydrogen (secondary N) is 1. The molecule has 3 fully saturated rings. The maximum absolute atomic E-state index is 12.6. The largest absolute Gasteiger partial charge is 0.349 e. The molecule has 1 aromatic carbocycles. The molecule has 2 bridgehead atoms. The Bertz CT molecular complexity index is 673. The van der Waals surface area contributed by atoms with Crippen LogP contribution in [-0.2, 0) is 0 Å². The highest BCUT2D eigenvalue weighted by Gasteiger charge is 2.42. The molecular formula is C20H27N3O3. The maximum Gasteiger partial charge on any atom is 0.270 e. The average Bonchev–Trinajstić information content (AvgIpc) is 3.15. The summed E-state index contributed by atoms with van der Waals surface area (Å²) in [5.41, 5.74) is 0.341. The lowest BCUT2D eigenvalue weighted by Gasteiger charge is -2.51. The molecule has 1 aliphatic carbocycles. The molecule has 1 saturated carbocycles. The topological polar surface area (TPSA) is 75.5 Å². The van der Waals surface area contributed by atoms with Gasteiger partial charge in [0.1, 0.15) is 0 Å². The molecule has 2 heterocycles. The molecule has 2 aliphatic heterocycles. The molecule has 6 nitrogen and oxygen atoms in total. The Morgan fingerprint density at radius 2 is 1.69 bits per heavy atom. The molecule has 0 spiro atoms. The molecule has 26 heavy (non-hydrogen) atoms. The van der Waals surface area contributed by atoms with Crippen LogP contribution in [0.1, 0.15) is 68.1 Å². The van der Waals surface area contributed by atoms with Crippen LogP contribution in [0.2, 0.25) is 0 Å². The number of nitrogens with zero attached hydrogens (tertiary/aromatic N) is 2. The van der Waals surface area contributed by atoms with Gasteiger partial charge in [-0.25, -0.2) is 0 Å². The number of non-ortho nitro benzene ring substituents is 1. The van der Waals surface area contributed by atoms with Crippen LogP contribution in [0.25, 0.3) is 0 Å². The molecule has 0 aromatic heterocycles. The molecule has 2 unspecified atom stereocenters. The normalized spacial score (nSPS) is 29.5. The summed E-state index contributed by atoms with van der Waals surface area (Å²) in [7, 11) is 0. The lowest BCUT2D eigenvalue weighted by Crippen LogP contribution is -2.59. The zero-order chi connectivity index (χ0) is 18.1. The number of hydrogen-bond donors (Lipinski definition) is 1. The summed E-state index contributed by atoms with van der Waals surface area (Å²) in [6.45, 7) is 0. The van der Waals surface area contributed by atoms with Gasteiger partial charge < -0.3 is 5.32 Å². The molecule has 2 atom stereocenters. The van der Waals surface area contributed by atoms with Gasteiger partial charge in [-0.3, -0.25) is 19.8 Å². The minimum atomic E-state index is -0.457. The van der Waals surface area contributed by atoms with Gasteiger partial charge in [0.25, 0.3) is 11.6 Å². The van der Waals surface area contributed by atoms with Crippen LogP contribution >= 0.6 is 0 Å². The second kappa shape index (κ2) is 7.35. The standard InChI is InChI=1S/C20H27N3O3/c24-20(14-5-3-10-19(11-14)23(25)26)21-15-12-17-8-4-9-18(13-15)22(17)16-6-1-2-7-16/h3,5,10-11,15-18H,1-2,4,6-9,12-13H2,(H,21,24). The van der Waals surface area contributed by atoms with Gasteiger partial charge in [-0.1, -0.05) is 25.3 Å². The lowest BCUT2D eigenvalue weighted by molar-refractivity contribution is -0.384. The van der Waals surface area contributed by atoms with Crippen molar-refractivity contribution in [3.05, 3.63) is 39.9 Å². The van der Waals surface area contributed by atoms with E-state index < -0.39 is 4.92 Å². The van der Waals surface area contributed by atoms with Crippen molar-refractivity contribution in [1.29, 1.82) is 0 Å². The predicted molar refractivity (Wildman–Crippen MR) is 99.1 cm³/mol. The van der Waals surface area contributed by atoms with Crippen molar-refractivity contribution >= 4 is 11.6 Å². The Labute approximate surface area is 154 Å². The molecule has 1 aromatic rings. The smallest absolute Gasteiger partial charge is 0.270 e. The number of hydrogen-bond acceptors (Lipinski definition) is 4. The number of benzene rings is 1. The fraction of sp³-hybridized carbons (Fsp3) is 0.650. The third-order valence-corrected chi connectivity index (χ3v) is 6.43. The summed E-state index contributed by atoms with van der Waals surface area (Å²) in [6, 6.07) is 8.10. The SMILES string of the molecule is O=C(NC1CC2CCCC(C1)N2C1CCCC1)c1cccc([N+](=O)[O-])c1. The number of fused-ring (bicyclic) bond motifs is 2. The minimum absolute atomic E-state index is 0.0365. The van der Waals surface area contributed by atoms with Gasteiger partial charge in [-0.15, -0.1) is 0 Å². The number of nitro benzene ring substituents is 1. The van der Waals surface area contributed by atoms with Crippen molar-refractivity contribution in [3.8, 4) is 0 Å². The molecule has 1 N–H and O–H groups in total. The molecular weight excluding hydrogens is 330 g/mol. The van der Waals surface area contributed by atoms with E-state index in [4.69, 9.17) is 0 Å². The highest BCUT2D eigenvalue weighted by Crippen LogP contribution is 2.39. The number of carbonyl (C=O) groups excluding carboxylic acids is 1. The van der Waals surface area contributed by atoms with Crippen LogP contribution in [0.4, 0.5) is 5.69 Å². The van der Waals surface area contributed by atoms with E-state index >= 15 is 0 Å². The molecule has 0 radical (unpaired) electrons. The fourth-order valence-corrected chi connectivity index (χ4v) is 5.36. The second-order valence-corrected chi connectivity index (χ2v) is 8.07. The van der Waals surface area contributed by atoms with Crippen LogP contribution in [-0.4, -0.2) is 39.9 Å². The van der Waals surface area contributed by atoms with Crippen molar-refractivity contribution in [1.82, 2.24) is 10.2 Å². The third-order valence-electron chi connectivity index (χ3n) is 6.43. The summed E-state index contributed by atoms with van der Waals surface area (Å²) in [4.78, 5) is 25.9. The van der Waals surface area contributed by atoms with Crippen LogP contribution in [0, 0.1) is 10.1 Å². The molecule has 140 valence electrons. The first-order chi connectivity index (χ1) is 12.6. The molecule has 2 saturated heterocycles. The molecule has 6 heteroatoms. The highest BCUT2D eigenvalue weighted by molar-refractivity contribution is 5.95. The van der Waals surface area contributed by atoms with E-state index in [1.807, 2.05) is 0 Å². The van der Waals surface area contributed by atoms with Crippen LogP contribution in [0.5, 0.6) is 0 Å². The van der Waals surface area contributed by atoms with Gasteiger partial charge in [-0.2, -0.15) is 0 Å². The summed E-state index contributed by atoms with van der Waals surface area (Å²) >= 11 is 0. The number of piperidine rings is 2. The van der Waals surface area contributed by atoms with E-state index in [9.17, 15) is 14.9 Å². The van der Waals surface area contributed by atoms with Gasteiger partial charge in [0.05, 0.1) is 4.92 Å². The first-order valence-corrected chi connectivity index (χ1v) is 9.94. The van der Waals surface area contributed by atoms with E-state index in [-0.39, 0.29) is 17.6 Å². The van der Waals surface area contributed by atoms with E-state index in [2.05, 4.69) is 10.2 Å². The average molecular weight is 357 g/mol. The van der Waals surface area contributed by atoms with Crippen molar-refractivity contribution < 1.29 is 9.72 Å². The molecule has 4 rings (SSSR count). The van der Waals surface area contributed by atoms with E-state index in [1.54, 1.807) is 12.1 Å². The van der Waals surface area contributed by atoms with Gasteiger partial charge in [-0.05, 0) is 44.6 Å². The van der Waals surface area contributed by atoms with Gasteiger partial charge in [0, 0.05) is 41.9 Å². The first-order valence-electron chi connectivity index (χ1n) is 9.94. The summed E-state index contributed by atoms with van der Waals surface area (Å²) in [6.07, 6.45) is 11.1. The van der Waals surface area contributed by atoms with Gasteiger partial charge in [0.15, 0.2) is 0 Å². The Morgan fingerprint density at radius 1 is 1.04 bits per heavy atom. The Kier molecular flexibility index (Phi) is 4.94. The molecule has 1 amide bonds. The van der Waals surface area contributed by atoms with Crippen molar-refractivity contribution in [3.63, 3.8) is 0 Å². The van der Waals surface area contributed by atoms with Gasteiger partial charge >= 0.3 is 0 Å². The number of rotatable bonds is 4. The van der Waals surface area contributed by atoms with Crippen molar-refractivity contribution in [2.24, 2.45) is 0 Å². The third kappa shape index (κ3) is 3.47. The number of nitro groups is 1. The zero-order valence-corrected chi connectivity index (χ0v) is 15.1. The van der Waals surface area contributed by atoms with Crippen LogP contribution < -0.4 is 5.32 Å². The fourth-order valence-electron chi connectivity index (χ4n) is 5.36. The lowest BCUT2D eigenvalue weighted by atomic mass is 9.80. The minimum Gasteiger partial charge on any atom is -0.349 e. The van der Waals surface area contributed by atoms with Gasteiger partial charge in [0.2, 0.25) is 0 Å². The first kappa shape index (κ1) is 17.5. The zero-order valence-electron chi connectivity index (χ0n) is 15.1. The van der Waals surface area contributed by atoms with Crippen molar-refractivity contribution in [2.75, 3.05) is 0 Å². The number of amides is 1. The van der Waals surface area contributed by atoms with E-state index in [0.717, 1.165) is 18.9 Å².